The Morgan fingerprint density at radius 2 is 1.45 bits per heavy atom. The molecule has 1 unspecified atom stereocenters. The fourth-order valence-corrected chi connectivity index (χ4v) is 3.44. The molecular weight excluding hydrogens is 254 g/mol. The van der Waals surface area contributed by atoms with Crippen LogP contribution in [-0.2, 0) is 0 Å². The number of hydrogen-bond acceptors (Lipinski definition) is 5. The highest BCUT2D eigenvalue weighted by Crippen LogP contribution is 2.41. The molecule has 1 aliphatic carbocycles. The third-order valence-corrected chi connectivity index (χ3v) is 4.58. The van der Waals surface area contributed by atoms with Crippen molar-refractivity contribution in [2.75, 3.05) is 19.0 Å². The monoisotopic (exact) mass is 277 g/mol. The van der Waals surface area contributed by atoms with Crippen molar-refractivity contribution in [2.45, 2.75) is 43.9 Å². The van der Waals surface area contributed by atoms with E-state index in [4.69, 9.17) is 0 Å². The topological polar surface area (TPSA) is 50.2 Å². The summed E-state index contributed by atoms with van der Waals surface area (Å²) in [4.78, 5) is 2.03. The molecule has 1 aliphatic heterocycles. The van der Waals surface area contributed by atoms with Crippen LogP contribution in [0.4, 0.5) is 5.69 Å². The summed E-state index contributed by atoms with van der Waals surface area (Å²) in [5, 5.41) is 23.5. The van der Waals surface area contributed by atoms with E-state index in [0.717, 1.165) is 36.9 Å². The summed E-state index contributed by atoms with van der Waals surface area (Å²) in [5.41, 5.74) is 2.04. The highest BCUT2D eigenvalue weighted by atomic mass is 16.6. The molecule has 110 valence electrons. The highest BCUT2D eigenvalue weighted by molar-refractivity contribution is 5.46. The summed E-state index contributed by atoms with van der Waals surface area (Å²) in [5.74, 6) is 0. The van der Waals surface area contributed by atoms with Crippen molar-refractivity contribution in [1.82, 2.24) is 10.1 Å². The summed E-state index contributed by atoms with van der Waals surface area (Å²) in [6, 6.07) is 8.07. The molecule has 1 heterocycles. The van der Waals surface area contributed by atoms with Gasteiger partial charge in [0.1, 0.15) is 6.17 Å². The SMILES string of the molecule is CN(C)c1ccc(C2N(O)[C@@H]3CCCC[C@@H]3N2O)cc1. The molecule has 1 aromatic rings. The molecule has 3 atom stereocenters. The Morgan fingerprint density at radius 1 is 0.950 bits per heavy atom. The van der Waals surface area contributed by atoms with Gasteiger partial charge >= 0.3 is 0 Å². The molecule has 5 nitrogen and oxygen atoms in total. The summed E-state index contributed by atoms with van der Waals surface area (Å²) < 4.78 is 0. The van der Waals surface area contributed by atoms with Gasteiger partial charge in [0, 0.05) is 19.8 Å². The first-order valence-corrected chi connectivity index (χ1v) is 7.31. The van der Waals surface area contributed by atoms with E-state index in [1.54, 1.807) is 0 Å². The van der Waals surface area contributed by atoms with Gasteiger partial charge in [-0.05, 0) is 30.5 Å². The lowest BCUT2D eigenvalue weighted by molar-refractivity contribution is -0.211. The predicted octanol–water partition coefficient (Wildman–Crippen LogP) is 2.46. The largest absolute Gasteiger partial charge is 0.378 e. The zero-order valence-corrected chi connectivity index (χ0v) is 12.1. The average molecular weight is 277 g/mol. The summed E-state index contributed by atoms with van der Waals surface area (Å²) in [6.45, 7) is 0. The van der Waals surface area contributed by atoms with Crippen molar-refractivity contribution >= 4 is 5.69 Å². The molecule has 2 fully saturated rings. The molecular formula is C15H23N3O2. The lowest BCUT2D eigenvalue weighted by atomic mass is 9.91. The van der Waals surface area contributed by atoms with Gasteiger partial charge in [0.2, 0.25) is 0 Å². The van der Waals surface area contributed by atoms with E-state index in [9.17, 15) is 10.4 Å². The minimum atomic E-state index is -0.445. The van der Waals surface area contributed by atoms with Gasteiger partial charge in [-0.15, -0.1) is 0 Å². The van der Waals surface area contributed by atoms with Crippen LogP contribution in [0.1, 0.15) is 37.4 Å². The molecule has 1 saturated carbocycles. The second-order valence-electron chi connectivity index (χ2n) is 6.04. The molecule has 0 spiro atoms. The smallest absolute Gasteiger partial charge is 0.136 e. The van der Waals surface area contributed by atoms with Crippen LogP contribution in [-0.4, -0.2) is 46.7 Å². The van der Waals surface area contributed by atoms with Gasteiger partial charge < -0.3 is 15.3 Å². The van der Waals surface area contributed by atoms with Crippen LogP contribution < -0.4 is 4.90 Å². The maximum Gasteiger partial charge on any atom is 0.136 e. The Bertz CT molecular complexity index is 445. The van der Waals surface area contributed by atoms with E-state index in [2.05, 4.69) is 0 Å². The molecule has 5 heteroatoms. The van der Waals surface area contributed by atoms with Gasteiger partial charge in [0.25, 0.3) is 0 Å². The Labute approximate surface area is 119 Å². The third-order valence-electron chi connectivity index (χ3n) is 4.58. The fourth-order valence-electron chi connectivity index (χ4n) is 3.44. The van der Waals surface area contributed by atoms with E-state index in [0.29, 0.717) is 0 Å². The summed E-state index contributed by atoms with van der Waals surface area (Å²) in [6.07, 6.45) is 3.70. The zero-order chi connectivity index (χ0) is 14.3. The second-order valence-corrected chi connectivity index (χ2v) is 6.04. The van der Waals surface area contributed by atoms with Crippen LogP contribution in [0.15, 0.2) is 24.3 Å². The third kappa shape index (κ3) is 2.20. The molecule has 20 heavy (non-hydrogen) atoms. The van der Waals surface area contributed by atoms with Crippen molar-refractivity contribution in [2.24, 2.45) is 0 Å². The summed E-state index contributed by atoms with van der Waals surface area (Å²) in [7, 11) is 3.99. The first-order valence-electron chi connectivity index (χ1n) is 7.31. The van der Waals surface area contributed by atoms with Crippen molar-refractivity contribution < 1.29 is 10.4 Å². The number of anilines is 1. The van der Waals surface area contributed by atoms with Crippen LogP contribution in [0, 0.1) is 0 Å². The standard InChI is InChI=1S/C15H23N3O2/c1-16(2)12-9-7-11(8-10-12)15-17(19)13-5-3-4-6-14(13)18(15)20/h7-10,13-15,19-20H,3-6H2,1-2H3/t13-,14+,15?. The fraction of sp³-hybridized carbons (Fsp3) is 0.600. The van der Waals surface area contributed by atoms with Gasteiger partial charge in [0.15, 0.2) is 0 Å². The average Bonchev–Trinajstić information content (AvgIpc) is 2.72. The van der Waals surface area contributed by atoms with Crippen LogP contribution in [0.2, 0.25) is 0 Å². The van der Waals surface area contributed by atoms with Crippen molar-refractivity contribution in [3.8, 4) is 0 Å². The Hall–Kier alpha value is -1.14. The van der Waals surface area contributed by atoms with E-state index in [1.165, 1.54) is 10.1 Å². The molecule has 2 aliphatic rings. The predicted molar refractivity (Wildman–Crippen MR) is 76.8 cm³/mol. The normalized spacial score (nSPS) is 31.3. The molecule has 0 bridgehead atoms. The van der Waals surface area contributed by atoms with Crippen LogP contribution in [0.5, 0.6) is 0 Å². The second kappa shape index (κ2) is 5.33. The maximum absolute atomic E-state index is 10.4. The molecule has 3 rings (SSSR count). The van der Waals surface area contributed by atoms with Gasteiger partial charge in [-0.1, -0.05) is 25.0 Å². The maximum atomic E-state index is 10.4. The Balaban J connectivity index is 1.85. The zero-order valence-electron chi connectivity index (χ0n) is 12.1. The van der Waals surface area contributed by atoms with Gasteiger partial charge in [-0.3, -0.25) is 0 Å². The highest BCUT2D eigenvalue weighted by Gasteiger charge is 2.47. The van der Waals surface area contributed by atoms with Gasteiger partial charge in [-0.2, -0.15) is 10.1 Å². The van der Waals surface area contributed by atoms with E-state index < -0.39 is 6.17 Å². The minimum absolute atomic E-state index is 0.0484. The number of hydrogen-bond donors (Lipinski definition) is 2. The Kier molecular flexibility index (Phi) is 3.69. The van der Waals surface area contributed by atoms with Crippen molar-refractivity contribution in [3.63, 3.8) is 0 Å². The molecule has 2 N–H and O–H groups in total. The van der Waals surface area contributed by atoms with Gasteiger partial charge in [0.05, 0.1) is 12.1 Å². The number of hydroxylamine groups is 4. The van der Waals surface area contributed by atoms with Crippen LogP contribution in [0.3, 0.4) is 0 Å². The molecule has 0 aromatic heterocycles. The van der Waals surface area contributed by atoms with Crippen molar-refractivity contribution in [3.05, 3.63) is 29.8 Å². The number of rotatable bonds is 2. The lowest BCUT2D eigenvalue weighted by Gasteiger charge is -2.27. The van der Waals surface area contributed by atoms with Crippen LogP contribution >= 0.6 is 0 Å². The quantitative estimate of drug-likeness (QED) is 0.869. The molecule has 1 saturated heterocycles. The van der Waals surface area contributed by atoms with Crippen molar-refractivity contribution in [1.29, 1.82) is 0 Å². The number of nitrogens with zero attached hydrogens (tertiary/aromatic N) is 3. The van der Waals surface area contributed by atoms with Gasteiger partial charge in [-0.25, -0.2) is 0 Å². The van der Waals surface area contributed by atoms with Crippen LogP contribution in [0.25, 0.3) is 0 Å². The van der Waals surface area contributed by atoms with E-state index in [1.807, 2.05) is 43.3 Å². The first kappa shape index (κ1) is 13.8. The minimum Gasteiger partial charge on any atom is -0.378 e. The lowest BCUT2D eigenvalue weighted by Crippen LogP contribution is -2.37. The summed E-state index contributed by atoms with van der Waals surface area (Å²) >= 11 is 0. The number of fused-ring (bicyclic) bond motifs is 1. The van der Waals surface area contributed by atoms with E-state index in [-0.39, 0.29) is 12.1 Å². The Morgan fingerprint density at radius 3 is 1.90 bits per heavy atom. The molecule has 1 aromatic carbocycles. The first-order chi connectivity index (χ1) is 9.59. The molecule has 0 radical (unpaired) electrons. The molecule has 0 amide bonds. The van der Waals surface area contributed by atoms with E-state index >= 15 is 0 Å². The number of benzene rings is 1.